The summed E-state index contributed by atoms with van der Waals surface area (Å²) in [6.45, 7) is 6.55. The monoisotopic (exact) mass is 234 g/mol. The maximum Gasteiger partial charge on any atom is 0.221 e. The summed E-state index contributed by atoms with van der Waals surface area (Å²) in [5.74, 6) is 0.569. The molecule has 1 aromatic heterocycles. The number of para-hydroxylation sites is 1. The number of rotatable bonds is 4. The number of nitrogen functional groups attached to an aromatic ring is 1. The summed E-state index contributed by atoms with van der Waals surface area (Å²) in [5, 5.41) is 0. The Hall–Kier alpha value is -1.55. The van der Waals surface area contributed by atoms with Gasteiger partial charge in [0, 0.05) is 0 Å². The number of hydrogen-bond acceptors (Lipinski definition) is 4. The van der Waals surface area contributed by atoms with Crippen molar-refractivity contribution < 1.29 is 9.15 Å². The number of fused-ring (bicyclic) bond motifs is 1. The SMILES string of the molecule is CCC(C)(C)OCc1nc2c(N)cccc2o1. The third kappa shape index (κ3) is 2.58. The molecule has 1 aromatic carbocycles. The van der Waals surface area contributed by atoms with Crippen LogP contribution in [0.3, 0.4) is 0 Å². The van der Waals surface area contributed by atoms with Crippen LogP contribution >= 0.6 is 0 Å². The summed E-state index contributed by atoms with van der Waals surface area (Å²) in [6, 6.07) is 5.52. The van der Waals surface area contributed by atoms with Crippen LogP contribution in [0, 0.1) is 0 Å². The molecule has 0 bridgehead atoms. The highest BCUT2D eigenvalue weighted by atomic mass is 16.5. The molecule has 2 N–H and O–H groups in total. The Kier molecular flexibility index (Phi) is 3.07. The van der Waals surface area contributed by atoms with Crippen molar-refractivity contribution in [2.24, 2.45) is 0 Å². The smallest absolute Gasteiger partial charge is 0.221 e. The standard InChI is InChI=1S/C13H18N2O2/c1-4-13(2,3)16-8-11-15-12-9(14)6-5-7-10(12)17-11/h5-7H,4,8,14H2,1-3H3. The first-order valence-corrected chi connectivity index (χ1v) is 5.80. The first-order chi connectivity index (χ1) is 8.02. The van der Waals surface area contributed by atoms with Crippen LogP contribution in [0.1, 0.15) is 33.1 Å². The Labute approximate surface area is 101 Å². The minimum Gasteiger partial charge on any atom is -0.438 e. The van der Waals surface area contributed by atoms with Crippen molar-refractivity contribution in [3.8, 4) is 0 Å². The molecule has 1 heterocycles. The van der Waals surface area contributed by atoms with Crippen molar-refractivity contribution in [2.75, 3.05) is 5.73 Å². The van der Waals surface area contributed by atoms with Crippen molar-refractivity contribution in [3.63, 3.8) is 0 Å². The molecule has 2 aromatic rings. The molecule has 92 valence electrons. The van der Waals surface area contributed by atoms with Gasteiger partial charge in [-0.05, 0) is 32.4 Å². The van der Waals surface area contributed by atoms with E-state index in [1.165, 1.54) is 0 Å². The molecule has 0 saturated heterocycles. The molecule has 0 aliphatic rings. The average Bonchev–Trinajstić information content (AvgIpc) is 2.71. The minimum atomic E-state index is -0.161. The molecule has 0 atom stereocenters. The van der Waals surface area contributed by atoms with Gasteiger partial charge in [-0.15, -0.1) is 0 Å². The number of nitrogens with zero attached hydrogens (tertiary/aromatic N) is 1. The summed E-state index contributed by atoms with van der Waals surface area (Å²) in [5.41, 5.74) is 7.70. The van der Waals surface area contributed by atoms with Gasteiger partial charge >= 0.3 is 0 Å². The normalized spacial score (nSPS) is 12.2. The summed E-state index contributed by atoms with van der Waals surface area (Å²) in [6.07, 6.45) is 0.940. The van der Waals surface area contributed by atoms with Gasteiger partial charge in [0.15, 0.2) is 5.58 Å². The average molecular weight is 234 g/mol. The molecule has 4 heteroatoms. The fourth-order valence-electron chi connectivity index (χ4n) is 1.44. The van der Waals surface area contributed by atoms with Crippen molar-refractivity contribution in [3.05, 3.63) is 24.1 Å². The predicted molar refractivity (Wildman–Crippen MR) is 67.6 cm³/mol. The molecule has 0 radical (unpaired) electrons. The highest BCUT2D eigenvalue weighted by Gasteiger charge is 2.17. The lowest BCUT2D eigenvalue weighted by Gasteiger charge is -2.22. The van der Waals surface area contributed by atoms with E-state index >= 15 is 0 Å². The summed E-state index contributed by atoms with van der Waals surface area (Å²) in [7, 11) is 0. The molecule has 0 saturated carbocycles. The Bertz CT molecular complexity index is 517. The van der Waals surface area contributed by atoms with Gasteiger partial charge in [0.05, 0.1) is 11.3 Å². The lowest BCUT2D eigenvalue weighted by atomic mass is 10.1. The number of nitrogens with two attached hydrogens (primary N) is 1. The Balaban J connectivity index is 2.18. The second-order valence-electron chi connectivity index (χ2n) is 4.70. The van der Waals surface area contributed by atoms with Gasteiger partial charge in [-0.1, -0.05) is 13.0 Å². The number of ether oxygens (including phenoxy) is 1. The van der Waals surface area contributed by atoms with E-state index in [0.717, 1.165) is 6.42 Å². The van der Waals surface area contributed by atoms with E-state index in [2.05, 4.69) is 11.9 Å². The van der Waals surface area contributed by atoms with Crippen LogP contribution in [0.4, 0.5) is 5.69 Å². The number of anilines is 1. The Morgan fingerprint density at radius 2 is 2.18 bits per heavy atom. The van der Waals surface area contributed by atoms with Gasteiger partial charge in [-0.3, -0.25) is 0 Å². The number of oxazole rings is 1. The van der Waals surface area contributed by atoms with Crippen molar-refractivity contribution >= 4 is 16.8 Å². The topological polar surface area (TPSA) is 61.3 Å². The molecule has 0 amide bonds. The van der Waals surface area contributed by atoms with E-state index in [1.54, 1.807) is 0 Å². The van der Waals surface area contributed by atoms with Crippen LogP contribution in [0.2, 0.25) is 0 Å². The highest BCUT2D eigenvalue weighted by molar-refractivity contribution is 5.85. The van der Waals surface area contributed by atoms with Crippen molar-refractivity contribution in [2.45, 2.75) is 39.4 Å². The summed E-state index contributed by atoms with van der Waals surface area (Å²) < 4.78 is 11.3. The molecule has 2 rings (SSSR count). The van der Waals surface area contributed by atoms with Crippen molar-refractivity contribution in [1.29, 1.82) is 0 Å². The highest BCUT2D eigenvalue weighted by Crippen LogP contribution is 2.23. The number of benzene rings is 1. The van der Waals surface area contributed by atoms with Gasteiger partial charge in [-0.25, -0.2) is 4.98 Å². The molecule has 0 fully saturated rings. The minimum absolute atomic E-state index is 0.161. The predicted octanol–water partition coefficient (Wildman–Crippen LogP) is 3.12. The van der Waals surface area contributed by atoms with E-state index in [9.17, 15) is 0 Å². The van der Waals surface area contributed by atoms with Crippen LogP contribution in [0.15, 0.2) is 22.6 Å². The maximum absolute atomic E-state index is 5.81. The molecule has 0 aliphatic heterocycles. The third-order valence-corrected chi connectivity index (χ3v) is 2.93. The number of aromatic nitrogens is 1. The van der Waals surface area contributed by atoms with Crippen LogP contribution in [0.25, 0.3) is 11.1 Å². The quantitative estimate of drug-likeness (QED) is 0.826. The van der Waals surface area contributed by atoms with Gasteiger partial charge in [0.1, 0.15) is 12.1 Å². The molecule has 4 nitrogen and oxygen atoms in total. The summed E-state index contributed by atoms with van der Waals surface area (Å²) >= 11 is 0. The second-order valence-corrected chi connectivity index (χ2v) is 4.70. The van der Waals surface area contributed by atoms with E-state index in [-0.39, 0.29) is 5.60 Å². The zero-order valence-electron chi connectivity index (χ0n) is 10.5. The first kappa shape index (κ1) is 11.9. The number of hydrogen-bond donors (Lipinski definition) is 1. The first-order valence-electron chi connectivity index (χ1n) is 5.80. The largest absolute Gasteiger partial charge is 0.438 e. The van der Waals surface area contributed by atoms with E-state index in [1.807, 2.05) is 32.0 Å². The fourth-order valence-corrected chi connectivity index (χ4v) is 1.44. The molecular weight excluding hydrogens is 216 g/mol. The van der Waals surface area contributed by atoms with Crippen molar-refractivity contribution in [1.82, 2.24) is 4.98 Å². The fraction of sp³-hybridized carbons (Fsp3) is 0.462. The van der Waals surface area contributed by atoms with Crippen LogP contribution in [0.5, 0.6) is 0 Å². The lowest BCUT2D eigenvalue weighted by Crippen LogP contribution is -2.22. The van der Waals surface area contributed by atoms with Gasteiger partial charge in [0.25, 0.3) is 0 Å². The van der Waals surface area contributed by atoms with Gasteiger partial charge < -0.3 is 14.9 Å². The lowest BCUT2D eigenvalue weighted by molar-refractivity contribution is -0.0397. The third-order valence-electron chi connectivity index (χ3n) is 2.93. The van der Waals surface area contributed by atoms with Gasteiger partial charge in [-0.2, -0.15) is 0 Å². The van der Waals surface area contributed by atoms with Gasteiger partial charge in [0.2, 0.25) is 5.89 Å². The van der Waals surface area contributed by atoms with E-state index < -0.39 is 0 Å². The zero-order chi connectivity index (χ0) is 12.5. The van der Waals surface area contributed by atoms with E-state index in [4.69, 9.17) is 14.9 Å². The van der Waals surface area contributed by atoms with Crippen LogP contribution in [-0.4, -0.2) is 10.6 Å². The molecule has 17 heavy (non-hydrogen) atoms. The molecule has 0 aliphatic carbocycles. The Morgan fingerprint density at radius 1 is 1.41 bits per heavy atom. The molecule has 0 unspecified atom stereocenters. The summed E-state index contributed by atoms with van der Waals surface area (Å²) in [4.78, 5) is 4.33. The molecular formula is C13H18N2O2. The zero-order valence-corrected chi connectivity index (χ0v) is 10.5. The second kappa shape index (κ2) is 4.37. The Morgan fingerprint density at radius 3 is 2.82 bits per heavy atom. The maximum atomic E-state index is 5.81. The van der Waals surface area contributed by atoms with Crippen LogP contribution < -0.4 is 5.73 Å². The molecule has 0 spiro atoms. The van der Waals surface area contributed by atoms with Crippen LogP contribution in [-0.2, 0) is 11.3 Å². The van der Waals surface area contributed by atoms with E-state index in [0.29, 0.717) is 29.3 Å².